The molecule has 0 radical (unpaired) electrons. The molecule has 11 rings (SSSR count). The summed E-state index contributed by atoms with van der Waals surface area (Å²) >= 11 is 0. The highest BCUT2D eigenvalue weighted by Gasteiger charge is 2.19. The van der Waals surface area contributed by atoms with Crippen molar-refractivity contribution >= 4 is 38.6 Å². The van der Waals surface area contributed by atoms with Crippen LogP contribution in [0.1, 0.15) is 0 Å². The van der Waals surface area contributed by atoms with E-state index in [4.69, 9.17) is 0 Å². The fourth-order valence-corrected chi connectivity index (χ4v) is 9.15. The molecule has 0 bridgehead atoms. The minimum Gasteiger partial charge on any atom is -0.311 e. The number of benzene rings is 11. The average molecular weight is 802 g/mol. The molecule has 0 N–H and O–H groups in total. The molecule has 0 aromatic heterocycles. The highest BCUT2D eigenvalue weighted by atomic mass is 15.1. The SMILES string of the molecule is c1ccc(-c2ccc(-c3ccc(N(c4ccc(-c5ccccc5)cc4)c4ccc(-c5ccc6c(-c7ccccc7)c(-c7ccccc7)c7ccccc7c6c5)cc4)cc3)cc2)cc1. The second-order valence-corrected chi connectivity index (χ2v) is 16.1. The third-order valence-corrected chi connectivity index (χ3v) is 12.3. The van der Waals surface area contributed by atoms with Gasteiger partial charge in [0.25, 0.3) is 0 Å². The summed E-state index contributed by atoms with van der Waals surface area (Å²) in [6.45, 7) is 0. The minimum absolute atomic E-state index is 1.09. The van der Waals surface area contributed by atoms with Crippen molar-refractivity contribution in [1.82, 2.24) is 0 Å². The molecular formula is C62H43N. The summed E-state index contributed by atoms with van der Waals surface area (Å²) in [4.78, 5) is 2.35. The molecule has 0 saturated heterocycles. The van der Waals surface area contributed by atoms with Crippen LogP contribution in [0.25, 0.3) is 88.3 Å². The van der Waals surface area contributed by atoms with E-state index in [2.05, 4.69) is 266 Å². The number of hydrogen-bond donors (Lipinski definition) is 0. The first kappa shape index (κ1) is 37.7. The fraction of sp³-hybridized carbons (Fsp3) is 0. The zero-order chi connectivity index (χ0) is 42.0. The van der Waals surface area contributed by atoms with Gasteiger partial charge < -0.3 is 4.90 Å². The number of hydrogen-bond acceptors (Lipinski definition) is 1. The largest absolute Gasteiger partial charge is 0.311 e. The van der Waals surface area contributed by atoms with Gasteiger partial charge in [0.2, 0.25) is 0 Å². The molecular weight excluding hydrogens is 759 g/mol. The van der Waals surface area contributed by atoms with Gasteiger partial charge in [0, 0.05) is 17.1 Å². The summed E-state index contributed by atoms with van der Waals surface area (Å²) in [6, 6.07) is 94.5. The van der Waals surface area contributed by atoms with Gasteiger partial charge in [-0.2, -0.15) is 0 Å². The summed E-state index contributed by atoms with van der Waals surface area (Å²) < 4.78 is 0. The van der Waals surface area contributed by atoms with E-state index in [1.807, 2.05) is 0 Å². The molecule has 0 aliphatic rings. The summed E-state index contributed by atoms with van der Waals surface area (Å²) in [5, 5.41) is 5.01. The highest BCUT2D eigenvalue weighted by Crippen LogP contribution is 2.46. The Labute approximate surface area is 369 Å². The first-order chi connectivity index (χ1) is 31.2. The molecule has 11 aromatic carbocycles. The first-order valence-corrected chi connectivity index (χ1v) is 21.7. The van der Waals surface area contributed by atoms with E-state index in [9.17, 15) is 0 Å². The lowest BCUT2D eigenvalue weighted by Crippen LogP contribution is -2.09. The van der Waals surface area contributed by atoms with Crippen LogP contribution in [0.3, 0.4) is 0 Å². The number of fused-ring (bicyclic) bond motifs is 3. The molecule has 1 nitrogen and oxygen atoms in total. The molecule has 296 valence electrons. The van der Waals surface area contributed by atoms with Crippen LogP contribution in [-0.2, 0) is 0 Å². The Morgan fingerprint density at radius 2 is 0.444 bits per heavy atom. The van der Waals surface area contributed by atoms with E-state index < -0.39 is 0 Å². The van der Waals surface area contributed by atoms with Gasteiger partial charge in [0.05, 0.1) is 0 Å². The standard InChI is InChI=1S/C62H43N/c1-5-15-44(16-6-1)46-25-27-47(28-26-46)49-31-38-55(39-32-49)63(54-36-29-48(30-37-54)45-17-7-2-8-18-45)56-40-33-50(34-41-56)53-35-42-59-60(43-53)57-23-13-14-24-58(57)61(51-19-9-3-10-20-51)62(59)52-21-11-4-12-22-52/h1-43H. The monoisotopic (exact) mass is 801 g/mol. The van der Waals surface area contributed by atoms with Crippen LogP contribution in [0.15, 0.2) is 261 Å². The Kier molecular flexibility index (Phi) is 9.97. The maximum Gasteiger partial charge on any atom is 0.0462 e. The molecule has 0 fully saturated rings. The third kappa shape index (κ3) is 7.37. The topological polar surface area (TPSA) is 3.24 Å². The van der Waals surface area contributed by atoms with Crippen LogP contribution in [0.2, 0.25) is 0 Å². The van der Waals surface area contributed by atoms with Crippen molar-refractivity contribution < 1.29 is 0 Å². The minimum atomic E-state index is 1.09. The van der Waals surface area contributed by atoms with Gasteiger partial charge in [-0.1, -0.05) is 218 Å². The normalized spacial score (nSPS) is 11.2. The zero-order valence-electron chi connectivity index (χ0n) is 34.8. The van der Waals surface area contributed by atoms with Crippen molar-refractivity contribution in [2.75, 3.05) is 4.90 Å². The quantitative estimate of drug-likeness (QED) is 0.131. The van der Waals surface area contributed by atoms with E-state index in [1.165, 1.54) is 88.3 Å². The van der Waals surface area contributed by atoms with Crippen molar-refractivity contribution in [2.24, 2.45) is 0 Å². The van der Waals surface area contributed by atoms with E-state index >= 15 is 0 Å². The van der Waals surface area contributed by atoms with Gasteiger partial charge in [-0.3, -0.25) is 0 Å². The summed E-state index contributed by atoms with van der Waals surface area (Å²) in [5.74, 6) is 0. The van der Waals surface area contributed by atoms with Crippen LogP contribution in [0.5, 0.6) is 0 Å². The summed E-state index contributed by atoms with van der Waals surface area (Å²) in [5.41, 5.74) is 17.8. The molecule has 0 spiro atoms. The second kappa shape index (κ2) is 16.7. The molecule has 63 heavy (non-hydrogen) atoms. The van der Waals surface area contributed by atoms with Gasteiger partial charge in [-0.05, 0) is 131 Å². The fourth-order valence-electron chi connectivity index (χ4n) is 9.15. The Balaban J connectivity index is 0.979. The molecule has 1 heteroatoms. The van der Waals surface area contributed by atoms with Gasteiger partial charge in [-0.15, -0.1) is 0 Å². The Bertz CT molecular complexity index is 3300. The van der Waals surface area contributed by atoms with Gasteiger partial charge in [0.15, 0.2) is 0 Å². The molecule has 0 unspecified atom stereocenters. The number of nitrogens with zero attached hydrogens (tertiary/aromatic N) is 1. The third-order valence-electron chi connectivity index (χ3n) is 12.3. The van der Waals surface area contributed by atoms with E-state index in [1.54, 1.807) is 0 Å². The Morgan fingerprint density at radius 3 is 0.841 bits per heavy atom. The Hall–Kier alpha value is -8.26. The average Bonchev–Trinajstić information content (AvgIpc) is 3.37. The van der Waals surface area contributed by atoms with Crippen molar-refractivity contribution in [2.45, 2.75) is 0 Å². The van der Waals surface area contributed by atoms with Crippen LogP contribution in [0.4, 0.5) is 17.1 Å². The first-order valence-electron chi connectivity index (χ1n) is 21.7. The van der Waals surface area contributed by atoms with E-state index in [0.717, 1.165) is 17.1 Å². The van der Waals surface area contributed by atoms with Crippen molar-refractivity contribution in [3.05, 3.63) is 261 Å². The molecule has 0 amide bonds. The lowest BCUT2D eigenvalue weighted by atomic mass is 9.84. The number of rotatable bonds is 9. The predicted molar refractivity (Wildman–Crippen MR) is 269 cm³/mol. The summed E-state index contributed by atoms with van der Waals surface area (Å²) in [6.07, 6.45) is 0. The summed E-state index contributed by atoms with van der Waals surface area (Å²) in [7, 11) is 0. The van der Waals surface area contributed by atoms with Crippen LogP contribution < -0.4 is 4.90 Å². The van der Waals surface area contributed by atoms with Crippen LogP contribution >= 0.6 is 0 Å². The predicted octanol–water partition coefficient (Wildman–Crippen LogP) is 17.5. The lowest BCUT2D eigenvalue weighted by Gasteiger charge is -2.26. The van der Waals surface area contributed by atoms with Crippen LogP contribution in [-0.4, -0.2) is 0 Å². The van der Waals surface area contributed by atoms with Crippen molar-refractivity contribution in [3.8, 4) is 66.8 Å². The van der Waals surface area contributed by atoms with E-state index in [0.29, 0.717) is 0 Å². The van der Waals surface area contributed by atoms with E-state index in [-0.39, 0.29) is 0 Å². The smallest absolute Gasteiger partial charge is 0.0462 e. The lowest BCUT2D eigenvalue weighted by molar-refractivity contribution is 1.28. The second-order valence-electron chi connectivity index (χ2n) is 16.1. The molecule has 0 aliphatic heterocycles. The molecule has 0 heterocycles. The van der Waals surface area contributed by atoms with Crippen molar-refractivity contribution in [3.63, 3.8) is 0 Å². The van der Waals surface area contributed by atoms with Crippen molar-refractivity contribution in [1.29, 1.82) is 0 Å². The molecule has 0 saturated carbocycles. The molecule has 11 aromatic rings. The van der Waals surface area contributed by atoms with Crippen LogP contribution in [0, 0.1) is 0 Å². The Morgan fingerprint density at radius 1 is 0.175 bits per heavy atom. The maximum atomic E-state index is 2.39. The maximum absolute atomic E-state index is 2.39. The van der Waals surface area contributed by atoms with Gasteiger partial charge in [-0.25, -0.2) is 0 Å². The highest BCUT2D eigenvalue weighted by molar-refractivity contribution is 6.22. The molecule has 0 aliphatic carbocycles. The zero-order valence-corrected chi connectivity index (χ0v) is 34.8. The van der Waals surface area contributed by atoms with Gasteiger partial charge in [0.1, 0.15) is 0 Å². The molecule has 0 atom stereocenters. The number of anilines is 3. The van der Waals surface area contributed by atoms with Gasteiger partial charge >= 0.3 is 0 Å².